The first-order valence-corrected chi connectivity index (χ1v) is 21.1. The molecule has 0 saturated carbocycles. The number of rotatable bonds is 28. The van der Waals surface area contributed by atoms with E-state index in [1.54, 1.807) is 5.55 Å². The van der Waals surface area contributed by atoms with Gasteiger partial charge in [-0.25, -0.2) is 4.99 Å². The van der Waals surface area contributed by atoms with Crippen LogP contribution in [0, 0.1) is 0 Å². The van der Waals surface area contributed by atoms with Crippen LogP contribution in [0.15, 0.2) is 9.98 Å². The maximum Gasteiger partial charge on any atom is 0.279 e. The summed E-state index contributed by atoms with van der Waals surface area (Å²) in [6, 6.07) is 0. The van der Waals surface area contributed by atoms with E-state index in [9.17, 15) is 9.35 Å². The van der Waals surface area contributed by atoms with Crippen molar-refractivity contribution >= 4 is 111 Å². The summed E-state index contributed by atoms with van der Waals surface area (Å²) in [6.07, 6.45) is 2.83. The van der Waals surface area contributed by atoms with Crippen molar-refractivity contribution in [2.24, 2.45) is 9.98 Å². The van der Waals surface area contributed by atoms with E-state index in [-0.39, 0.29) is 11.8 Å². The van der Waals surface area contributed by atoms with Crippen LogP contribution in [0.4, 0.5) is 4.79 Å². The molecule has 37 heavy (non-hydrogen) atoms. The number of carbonyl (C=O) groups excluding carboxylic acids is 1. The Kier molecular flexibility index (Phi) is 34.7. The highest BCUT2D eigenvalue weighted by molar-refractivity contribution is 8.23. The summed E-state index contributed by atoms with van der Waals surface area (Å²) < 4.78 is 11.7. The summed E-state index contributed by atoms with van der Waals surface area (Å²) in [5.74, 6) is 5.21. The first-order chi connectivity index (χ1) is 18.2. The van der Waals surface area contributed by atoms with Gasteiger partial charge in [0.25, 0.3) is 5.24 Å². The number of aliphatic hydroxyl groups excluding tert-OH is 1. The zero-order valence-corrected chi connectivity index (χ0v) is 27.9. The van der Waals surface area contributed by atoms with Gasteiger partial charge in [-0.15, -0.1) is 58.8 Å². The molecule has 0 aliphatic heterocycles. The standard InChI is InChI=1S/C21H41N3O5S8/c1-2-4-23-16-37(27)14-13-33-20-35-19-32-11-12-36-21(26)24-6-10-31-18-34-17-30-9-5-22-15-29-28-8-3-7-25/h15-16,25H,2-14,17-20H2,1H3,(H,24,26)/b22-15+,23-16+. The minimum absolute atomic E-state index is 0.0615. The number of nitrogens with zero attached hydrogens (tertiary/aromatic N) is 2. The first-order valence-electron chi connectivity index (χ1n) is 11.8. The van der Waals surface area contributed by atoms with Gasteiger partial charge < -0.3 is 19.9 Å². The van der Waals surface area contributed by atoms with Crippen LogP contribution in [0.2, 0.25) is 0 Å². The van der Waals surface area contributed by atoms with Gasteiger partial charge in [-0.1, -0.05) is 18.7 Å². The molecule has 0 aromatic heterocycles. The van der Waals surface area contributed by atoms with Crippen LogP contribution in [0.1, 0.15) is 19.8 Å². The molecule has 0 aromatic rings. The topological polar surface area (TPSA) is 116 Å². The largest absolute Gasteiger partial charge is 0.611 e. The van der Waals surface area contributed by atoms with Crippen molar-refractivity contribution in [1.82, 2.24) is 5.32 Å². The van der Waals surface area contributed by atoms with E-state index in [1.807, 2.05) is 70.6 Å². The molecule has 0 saturated heterocycles. The van der Waals surface area contributed by atoms with Crippen LogP contribution in [0.5, 0.6) is 0 Å². The lowest BCUT2D eigenvalue weighted by molar-refractivity contribution is -0.218. The van der Waals surface area contributed by atoms with E-state index < -0.39 is 11.2 Å². The fraction of sp³-hybridized carbons (Fsp3) is 0.857. The van der Waals surface area contributed by atoms with Gasteiger partial charge in [0.1, 0.15) is 5.75 Å². The number of hydrogen-bond acceptors (Lipinski definition) is 14. The zero-order valence-electron chi connectivity index (χ0n) is 21.4. The van der Waals surface area contributed by atoms with Crippen molar-refractivity contribution in [2.75, 3.05) is 87.7 Å². The number of thioether (sulfide) groups is 7. The summed E-state index contributed by atoms with van der Waals surface area (Å²) in [6.45, 7) is 4.64. The Hall–Kier alpha value is 1.29. The molecular weight excluding hydrogens is 631 g/mol. The lowest BCUT2D eigenvalue weighted by Gasteiger charge is -2.06. The molecule has 0 aliphatic rings. The highest BCUT2D eigenvalue weighted by Crippen LogP contribution is 2.19. The maximum atomic E-state index is 11.9. The molecule has 1 atom stereocenters. The smallest absolute Gasteiger partial charge is 0.279 e. The SMILES string of the molecule is CCC/N=C/[S+]([O-])CCSCSCSCCSC(=O)NCCSCSCSCC/N=C/OOCCCO. The minimum atomic E-state index is -0.932. The quantitative estimate of drug-likeness (QED) is 0.0217. The number of hydrogen-bond donors (Lipinski definition) is 2. The summed E-state index contributed by atoms with van der Waals surface area (Å²) >= 11 is 11.5. The number of nitrogens with one attached hydrogen (secondary N) is 1. The van der Waals surface area contributed by atoms with Gasteiger partial charge in [0, 0.05) is 68.8 Å². The molecular formula is C21H41N3O5S8. The Bertz CT molecular complexity index is 556. The predicted octanol–water partition coefficient (Wildman–Crippen LogP) is 5.20. The highest BCUT2D eigenvalue weighted by atomic mass is 32.2. The van der Waals surface area contributed by atoms with Gasteiger partial charge in [-0.3, -0.25) is 9.79 Å². The molecule has 0 bridgehead atoms. The molecule has 218 valence electrons. The van der Waals surface area contributed by atoms with Crippen LogP contribution in [-0.2, 0) is 21.0 Å². The van der Waals surface area contributed by atoms with E-state index in [0.29, 0.717) is 31.9 Å². The second-order valence-corrected chi connectivity index (χ2v) is 17.0. The van der Waals surface area contributed by atoms with Crippen molar-refractivity contribution in [1.29, 1.82) is 0 Å². The predicted molar refractivity (Wildman–Crippen MR) is 179 cm³/mol. The van der Waals surface area contributed by atoms with Crippen molar-refractivity contribution in [3.63, 3.8) is 0 Å². The molecule has 0 fully saturated rings. The fourth-order valence-corrected chi connectivity index (χ4v) is 10.6. The Morgan fingerprint density at radius 3 is 2.38 bits per heavy atom. The van der Waals surface area contributed by atoms with Crippen LogP contribution in [0.3, 0.4) is 0 Å². The van der Waals surface area contributed by atoms with Gasteiger partial charge in [-0.2, -0.15) is 16.6 Å². The second kappa shape index (κ2) is 33.5. The Morgan fingerprint density at radius 1 is 0.946 bits per heavy atom. The molecule has 2 N–H and O–H groups in total. The number of amides is 1. The Morgan fingerprint density at radius 2 is 1.65 bits per heavy atom. The summed E-state index contributed by atoms with van der Waals surface area (Å²) in [5, 5.41) is 15.7. The molecule has 0 spiro atoms. The molecule has 1 unspecified atom stereocenters. The van der Waals surface area contributed by atoms with Gasteiger partial charge in [-0.05, 0) is 24.0 Å². The number of aliphatic hydroxyl groups is 1. The number of carbonyl (C=O) groups is 1. The Labute approximate surface area is 255 Å². The van der Waals surface area contributed by atoms with Gasteiger partial charge in [0.05, 0.1) is 13.2 Å². The summed E-state index contributed by atoms with van der Waals surface area (Å²) in [7, 11) is 0. The molecule has 0 aromatic carbocycles. The van der Waals surface area contributed by atoms with E-state index in [0.717, 1.165) is 62.1 Å². The van der Waals surface area contributed by atoms with Crippen molar-refractivity contribution < 1.29 is 24.2 Å². The molecule has 16 heteroatoms. The monoisotopic (exact) mass is 671 g/mol. The summed E-state index contributed by atoms with van der Waals surface area (Å²) in [4.78, 5) is 29.6. The average Bonchev–Trinajstić information content (AvgIpc) is 2.89. The van der Waals surface area contributed by atoms with Crippen molar-refractivity contribution in [2.45, 2.75) is 19.8 Å². The normalized spacial score (nSPS) is 12.5. The fourth-order valence-electron chi connectivity index (χ4n) is 1.87. The summed E-state index contributed by atoms with van der Waals surface area (Å²) in [5.41, 5.74) is 1.58. The highest BCUT2D eigenvalue weighted by Gasteiger charge is 2.03. The minimum Gasteiger partial charge on any atom is -0.611 e. The second-order valence-electron chi connectivity index (χ2n) is 6.68. The third-order valence-corrected chi connectivity index (χ3v) is 13.2. The van der Waals surface area contributed by atoms with Crippen LogP contribution >= 0.6 is 82.3 Å². The van der Waals surface area contributed by atoms with E-state index in [1.165, 1.54) is 18.2 Å². The van der Waals surface area contributed by atoms with E-state index in [2.05, 4.69) is 22.2 Å². The lowest BCUT2D eigenvalue weighted by Crippen LogP contribution is -2.22. The third kappa shape index (κ3) is 33.4. The van der Waals surface area contributed by atoms with E-state index in [4.69, 9.17) is 14.9 Å². The first kappa shape index (κ1) is 38.3. The van der Waals surface area contributed by atoms with Crippen LogP contribution < -0.4 is 5.32 Å². The zero-order chi connectivity index (χ0) is 27.1. The van der Waals surface area contributed by atoms with Crippen LogP contribution in [0.25, 0.3) is 0 Å². The molecule has 0 rings (SSSR count). The number of aliphatic imine (C=N–C) groups is 2. The maximum absolute atomic E-state index is 11.9. The Balaban J connectivity index is 3.25. The third-order valence-electron chi connectivity index (χ3n) is 3.55. The van der Waals surface area contributed by atoms with Gasteiger partial charge in [0.2, 0.25) is 11.9 Å². The molecule has 8 nitrogen and oxygen atoms in total. The van der Waals surface area contributed by atoms with Crippen molar-refractivity contribution in [3.05, 3.63) is 0 Å². The molecule has 0 heterocycles. The van der Waals surface area contributed by atoms with E-state index >= 15 is 0 Å². The van der Waals surface area contributed by atoms with Gasteiger partial charge >= 0.3 is 0 Å². The molecule has 1 amide bonds. The average molecular weight is 672 g/mol. The molecule has 0 aliphatic carbocycles. The molecule has 0 radical (unpaired) electrons. The lowest BCUT2D eigenvalue weighted by atomic mass is 10.5. The van der Waals surface area contributed by atoms with Crippen LogP contribution in [-0.4, -0.2) is 115 Å². The van der Waals surface area contributed by atoms with Gasteiger partial charge in [0.15, 0.2) is 0 Å². The van der Waals surface area contributed by atoms with Crippen molar-refractivity contribution in [3.8, 4) is 0 Å².